The third kappa shape index (κ3) is 3.35. The standard InChI is InChI=1S/C10H18N2S/c1-7(2)5-11-10-12-6-9(13-10)8(3)4/h6-8H,5H2,1-4H3,(H,11,12). The molecule has 0 atom stereocenters. The molecule has 13 heavy (non-hydrogen) atoms. The highest BCUT2D eigenvalue weighted by molar-refractivity contribution is 7.15. The van der Waals surface area contributed by atoms with Crippen LogP contribution < -0.4 is 5.32 Å². The molecule has 3 heteroatoms. The molecule has 0 fully saturated rings. The molecule has 0 bridgehead atoms. The fourth-order valence-corrected chi connectivity index (χ4v) is 1.75. The number of thiazole rings is 1. The number of nitrogens with one attached hydrogen (secondary N) is 1. The summed E-state index contributed by atoms with van der Waals surface area (Å²) >= 11 is 1.76. The highest BCUT2D eigenvalue weighted by Crippen LogP contribution is 2.24. The normalized spacial score (nSPS) is 11.2. The Morgan fingerprint density at radius 3 is 2.54 bits per heavy atom. The Labute approximate surface area is 84.4 Å². The van der Waals surface area contributed by atoms with Crippen molar-refractivity contribution in [3.8, 4) is 0 Å². The lowest BCUT2D eigenvalue weighted by atomic mass is 10.2. The van der Waals surface area contributed by atoms with E-state index in [4.69, 9.17) is 0 Å². The second kappa shape index (κ2) is 4.61. The van der Waals surface area contributed by atoms with Crippen molar-refractivity contribution in [3.63, 3.8) is 0 Å². The molecule has 0 radical (unpaired) electrons. The first-order valence-corrected chi connectivity index (χ1v) is 5.61. The number of rotatable bonds is 4. The van der Waals surface area contributed by atoms with Gasteiger partial charge in [-0.2, -0.15) is 0 Å². The number of aromatic nitrogens is 1. The van der Waals surface area contributed by atoms with Gasteiger partial charge in [-0.1, -0.05) is 27.7 Å². The largest absolute Gasteiger partial charge is 0.361 e. The lowest BCUT2D eigenvalue weighted by molar-refractivity contribution is 0.688. The Balaban J connectivity index is 2.49. The zero-order chi connectivity index (χ0) is 9.84. The van der Waals surface area contributed by atoms with Gasteiger partial charge < -0.3 is 5.32 Å². The molecule has 0 aromatic carbocycles. The Bertz CT molecular complexity index is 253. The van der Waals surface area contributed by atoms with Crippen LogP contribution in [-0.2, 0) is 0 Å². The van der Waals surface area contributed by atoms with E-state index in [9.17, 15) is 0 Å². The van der Waals surface area contributed by atoms with Crippen molar-refractivity contribution in [2.24, 2.45) is 5.92 Å². The van der Waals surface area contributed by atoms with Crippen LogP contribution in [0.5, 0.6) is 0 Å². The number of anilines is 1. The molecule has 0 amide bonds. The van der Waals surface area contributed by atoms with Gasteiger partial charge in [-0.3, -0.25) is 0 Å². The molecule has 1 aromatic rings. The van der Waals surface area contributed by atoms with Crippen LogP contribution in [0.3, 0.4) is 0 Å². The molecule has 0 unspecified atom stereocenters. The maximum atomic E-state index is 4.32. The van der Waals surface area contributed by atoms with Crippen molar-refractivity contribution >= 4 is 16.5 Å². The topological polar surface area (TPSA) is 24.9 Å². The van der Waals surface area contributed by atoms with Gasteiger partial charge >= 0.3 is 0 Å². The van der Waals surface area contributed by atoms with E-state index in [2.05, 4.69) is 38.0 Å². The number of hydrogen-bond acceptors (Lipinski definition) is 3. The molecule has 0 aliphatic heterocycles. The van der Waals surface area contributed by atoms with E-state index in [1.807, 2.05) is 6.20 Å². The predicted molar refractivity (Wildman–Crippen MR) is 59.5 cm³/mol. The van der Waals surface area contributed by atoms with E-state index < -0.39 is 0 Å². The summed E-state index contributed by atoms with van der Waals surface area (Å²) in [5.41, 5.74) is 0. The fraction of sp³-hybridized carbons (Fsp3) is 0.700. The van der Waals surface area contributed by atoms with Gasteiger partial charge in [0.05, 0.1) is 0 Å². The third-order valence-electron chi connectivity index (χ3n) is 1.75. The van der Waals surface area contributed by atoms with E-state index in [-0.39, 0.29) is 0 Å². The molecule has 1 heterocycles. The van der Waals surface area contributed by atoms with E-state index in [1.54, 1.807) is 11.3 Å². The van der Waals surface area contributed by atoms with Crippen LogP contribution in [0.15, 0.2) is 6.20 Å². The van der Waals surface area contributed by atoms with Crippen molar-refractivity contribution in [1.82, 2.24) is 4.98 Å². The average molecular weight is 198 g/mol. The zero-order valence-corrected chi connectivity index (χ0v) is 9.61. The first-order valence-electron chi connectivity index (χ1n) is 4.79. The van der Waals surface area contributed by atoms with Crippen molar-refractivity contribution in [2.75, 3.05) is 11.9 Å². The number of hydrogen-bond donors (Lipinski definition) is 1. The van der Waals surface area contributed by atoms with Gasteiger partial charge in [0.25, 0.3) is 0 Å². The summed E-state index contributed by atoms with van der Waals surface area (Å²) in [5.74, 6) is 1.26. The summed E-state index contributed by atoms with van der Waals surface area (Å²) in [7, 11) is 0. The first-order chi connectivity index (χ1) is 6.09. The molecule has 0 aliphatic carbocycles. The summed E-state index contributed by atoms with van der Waals surface area (Å²) in [4.78, 5) is 5.67. The van der Waals surface area contributed by atoms with Crippen molar-refractivity contribution < 1.29 is 0 Å². The van der Waals surface area contributed by atoms with E-state index >= 15 is 0 Å². The van der Waals surface area contributed by atoms with Crippen molar-refractivity contribution in [1.29, 1.82) is 0 Å². The van der Waals surface area contributed by atoms with Crippen LogP contribution in [0, 0.1) is 5.92 Å². The lowest BCUT2D eigenvalue weighted by Gasteiger charge is -2.04. The third-order valence-corrected chi connectivity index (χ3v) is 3.01. The van der Waals surface area contributed by atoms with Gasteiger partial charge in [0.15, 0.2) is 5.13 Å². The van der Waals surface area contributed by atoms with Gasteiger partial charge in [0.1, 0.15) is 0 Å². The summed E-state index contributed by atoms with van der Waals surface area (Å²) in [6, 6.07) is 0. The Morgan fingerprint density at radius 1 is 1.38 bits per heavy atom. The molecule has 0 saturated carbocycles. The average Bonchev–Trinajstić information content (AvgIpc) is 2.48. The minimum atomic E-state index is 0.590. The quantitative estimate of drug-likeness (QED) is 0.802. The highest BCUT2D eigenvalue weighted by Gasteiger charge is 2.04. The van der Waals surface area contributed by atoms with Gasteiger partial charge in [-0.05, 0) is 11.8 Å². The van der Waals surface area contributed by atoms with Crippen molar-refractivity contribution in [3.05, 3.63) is 11.1 Å². The second-order valence-electron chi connectivity index (χ2n) is 4.00. The smallest absolute Gasteiger partial charge is 0.182 e. The maximum Gasteiger partial charge on any atom is 0.182 e. The molecular formula is C10H18N2S. The van der Waals surface area contributed by atoms with Gasteiger partial charge in [-0.25, -0.2) is 4.98 Å². The molecule has 2 nitrogen and oxygen atoms in total. The van der Waals surface area contributed by atoms with Crippen LogP contribution in [0.25, 0.3) is 0 Å². The molecular weight excluding hydrogens is 180 g/mol. The van der Waals surface area contributed by atoms with Gasteiger partial charge in [0.2, 0.25) is 0 Å². The Hall–Kier alpha value is -0.570. The molecule has 1 N–H and O–H groups in total. The molecule has 0 spiro atoms. The molecule has 1 aromatic heterocycles. The second-order valence-corrected chi connectivity index (χ2v) is 5.06. The predicted octanol–water partition coefficient (Wildman–Crippen LogP) is 3.33. The Morgan fingerprint density at radius 2 is 2.08 bits per heavy atom. The van der Waals surface area contributed by atoms with Crippen LogP contribution in [0.4, 0.5) is 5.13 Å². The van der Waals surface area contributed by atoms with Crippen molar-refractivity contribution in [2.45, 2.75) is 33.6 Å². The van der Waals surface area contributed by atoms with E-state index in [0.29, 0.717) is 11.8 Å². The SMILES string of the molecule is CC(C)CNc1ncc(C(C)C)s1. The maximum absolute atomic E-state index is 4.32. The van der Waals surface area contributed by atoms with Crippen LogP contribution >= 0.6 is 11.3 Å². The van der Waals surface area contributed by atoms with E-state index in [0.717, 1.165) is 11.7 Å². The van der Waals surface area contributed by atoms with Gasteiger partial charge in [-0.15, -0.1) is 11.3 Å². The molecule has 0 saturated heterocycles. The van der Waals surface area contributed by atoms with Crippen LogP contribution in [-0.4, -0.2) is 11.5 Å². The van der Waals surface area contributed by atoms with Gasteiger partial charge in [0, 0.05) is 17.6 Å². The highest BCUT2D eigenvalue weighted by atomic mass is 32.1. The first kappa shape index (κ1) is 10.5. The number of nitrogens with zero attached hydrogens (tertiary/aromatic N) is 1. The fourth-order valence-electron chi connectivity index (χ4n) is 0.927. The van der Waals surface area contributed by atoms with Crippen LogP contribution in [0.1, 0.15) is 38.5 Å². The molecule has 74 valence electrons. The summed E-state index contributed by atoms with van der Waals surface area (Å²) in [6.45, 7) is 9.79. The Kier molecular flexibility index (Phi) is 3.72. The summed E-state index contributed by atoms with van der Waals surface area (Å²) < 4.78 is 0. The van der Waals surface area contributed by atoms with E-state index in [1.165, 1.54) is 4.88 Å². The minimum Gasteiger partial charge on any atom is -0.361 e. The summed E-state index contributed by atoms with van der Waals surface area (Å²) in [6.07, 6.45) is 1.97. The molecule has 0 aliphatic rings. The lowest BCUT2D eigenvalue weighted by Crippen LogP contribution is -2.07. The minimum absolute atomic E-state index is 0.590. The van der Waals surface area contributed by atoms with Crippen LogP contribution in [0.2, 0.25) is 0 Å². The summed E-state index contributed by atoms with van der Waals surface area (Å²) in [5, 5.41) is 4.38. The molecule has 1 rings (SSSR count). The zero-order valence-electron chi connectivity index (χ0n) is 8.79. The monoisotopic (exact) mass is 198 g/mol.